The average Bonchev–Trinajstić information content (AvgIpc) is 2.24. The van der Waals surface area contributed by atoms with E-state index >= 15 is 0 Å². The van der Waals surface area contributed by atoms with Crippen LogP contribution in [0.3, 0.4) is 0 Å². The largest absolute Gasteiger partial charge is 0.460 e. The fourth-order valence-corrected chi connectivity index (χ4v) is 3.32. The van der Waals surface area contributed by atoms with Gasteiger partial charge in [0, 0.05) is 5.69 Å². The van der Waals surface area contributed by atoms with Gasteiger partial charge >= 0.3 is 6.01 Å². The Kier molecular flexibility index (Phi) is 4.28. The van der Waals surface area contributed by atoms with E-state index < -0.39 is 0 Å². The van der Waals surface area contributed by atoms with Crippen LogP contribution in [0.4, 0.5) is 0 Å². The van der Waals surface area contributed by atoms with E-state index in [1.54, 1.807) is 6.07 Å². The molecule has 2 atom stereocenters. The highest BCUT2D eigenvalue weighted by molar-refractivity contribution is 7.80. The number of nitrogens with zero attached hydrogens (tertiary/aromatic N) is 2. The lowest BCUT2D eigenvalue weighted by Crippen LogP contribution is -2.34. The van der Waals surface area contributed by atoms with E-state index in [1.165, 1.54) is 6.42 Å². The Labute approximate surface area is 126 Å². The lowest BCUT2D eigenvalue weighted by atomic mass is 9.71. The summed E-state index contributed by atoms with van der Waals surface area (Å²) in [4.78, 5) is 8.91. The summed E-state index contributed by atoms with van der Waals surface area (Å²) in [5.74, 6) is 0.656. The number of ether oxygens (including phenoxy) is 1. The van der Waals surface area contributed by atoms with E-state index in [0.717, 1.165) is 18.5 Å². The molecule has 1 saturated carbocycles. The van der Waals surface area contributed by atoms with Crippen LogP contribution in [0, 0.1) is 18.3 Å². The lowest BCUT2D eigenvalue weighted by Gasteiger charge is -2.38. The molecular weight excluding hydrogens is 270 g/mol. The van der Waals surface area contributed by atoms with Crippen LogP contribution in [0.1, 0.15) is 51.4 Å². The zero-order valence-electron chi connectivity index (χ0n) is 12.6. The first-order valence-electron chi connectivity index (χ1n) is 7.07. The zero-order valence-corrected chi connectivity index (χ0v) is 13.5. The van der Waals surface area contributed by atoms with Crippen molar-refractivity contribution in [3.05, 3.63) is 17.5 Å². The maximum Gasteiger partial charge on any atom is 0.317 e. The number of hydrogen-bond acceptors (Lipinski definition) is 4. The summed E-state index contributed by atoms with van der Waals surface area (Å²) in [6.07, 6.45) is 3.47. The molecule has 110 valence electrons. The van der Waals surface area contributed by atoms with Gasteiger partial charge in [-0.15, -0.1) is 0 Å². The number of rotatable bonds is 3. The normalized spacial score (nSPS) is 25.2. The highest BCUT2D eigenvalue weighted by Gasteiger charge is 2.33. The topological polar surface area (TPSA) is 61.0 Å². The van der Waals surface area contributed by atoms with Gasteiger partial charge in [-0.05, 0) is 43.6 Å². The third-order valence-electron chi connectivity index (χ3n) is 3.70. The maximum absolute atomic E-state index is 6.00. The third-order valence-corrected chi connectivity index (χ3v) is 3.91. The Morgan fingerprint density at radius 2 is 2.10 bits per heavy atom. The van der Waals surface area contributed by atoms with Gasteiger partial charge in [-0.25, -0.2) is 4.98 Å². The molecule has 0 amide bonds. The van der Waals surface area contributed by atoms with Gasteiger partial charge in [0.1, 0.15) is 16.8 Å². The van der Waals surface area contributed by atoms with Crippen molar-refractivity contribution in [3.63, 3.8) is 0 Å². The molecule has 2 N–H and O–H groups in total. The molecule has 1 aromatic heterocycles. The summed E-state index contributed by atoms with van der Waals surface area (Å²) < 4.78 is 6.00. The Hall–Kier alpha value is -1.23. The summed E-state index contributed by atoms with van der Waals surface area (Å²) in [6, 6.07) is 2.17. The molecule has 0 radical (unpaired) electrons. The summed E-state index contributed by atoms with van der Waals surface area (Å²) >= 11 is 4.97. The summed E-state index contributed by atoms with van der Waals surface area (Å²) in [5.41, 5.74) is 7.33. The predicted octanol–water partition coefficient (Wildman–Crippen LogP) is 3.01. The van der Waals surface area contributed by atoms with Gasteiger partial charge in [-0.3, -0.25) is 0 Å². The highest BCUT2D eigenvalue weighted by Crippen LogP contribution is 2.39. The molecule has 2 rings (SSSR count). The molecule has 1 aliphatic carbocycles. The van der Waals surface area contributed by atoms with Gasteiger partial charge in [0.25, 0.3) is 0 Å². The summed E-state index contributed by atoms with van der Waals surface area (Å²) in [5, 5.41) is 0. The minimum atomic E-state index is 0.162. The van der Waals surface area contributed by atoms with Gasteiger partial charge in [-0.2, -0.15) is 4.98 Å². The SMILES string of the molecule is Cc1cc(C(N)=S)nc(OC2CC(C)CC(C)(C)C2)n1. The molecule has 0 saturated heterocycles. The zero-order chi connectivity index (χ0) is 14.9. The Morgan fingerprint density at radius 1 is 1.40 bits per heavy atom. The quantitative estimate of drug-likeness (QED) is 0.868. The molecule has 1 heterocycles. The predicted molar refractivity (Wildman–Crippen MR) is 83.9 cm³/mol. The summed E-state index contributed by atoms with van der Waals surface area (Å²) in [6.45, 7) is 8.74. The van der Waals surface area contributed by atoms with Crippen LogP contribution in [0.2, 0.25) is 0 Å². The summed E-state index contributed by atoms with van der Waals surface area (Å²) in [7, 11) is 0. The van der Waals surface area contributed by atoms with Crippen molar-refractivity contribution in [1.29, 1.82) is 0 Å². The van der Waals surface area contributed by atoms with Crippen molar-refractivity contribution in [2.75, 3.05) is 0 Å². The molecule has 4 nitrogen and oxygen atoms in total. The van der Waals surface area contributed by atoms with E-state index in [9.17, 15) is 0 Å². The average molecular weight is 293 g/mol. The molecule has 0 aromatic carbocycles. The van der Waals surface area contributed by atoms with E-state index in [1.807, 2.05) is 6.92 Å². The van der Waals surface area contributed by atoms with Crippen LogP contribution in [0.5, 0.6) is 6.01 Å². The fraction of sp³-hybridized carbons (Fsp3) is 0.667. The third kappa shape index (κ3) is 3.88. The monoisotopic (exact) mass is 293 g/mol. The highest BCUT2D eigenvalue weighted by atomic mass is 32.1. The van der Waals surface area contributed by atoms with Crippen LogP contribution < -0.4 is 10.5 Å². The number of aromatic nitrogens is 2. The lowest BCUT2D eigenvalue weighted by molar-refractivity contribution is 0.0498. The standard InChI is InChI=1S/C15H23N3OS/c1-9-5-11(8-15(3,4)7-9)19-14-17-10(2)6-12(18-14)13(16)20/h6,9,11H,5,7-8H2,1-4H3,(H2,16,20). The van der Waals surface area contributed by atoms with Crippen LogP contribution in [0.25, 0.3) is 0 Å². The van der Waals surface area contributed by atoms with Crippen molar-refractivity contribution < 1.29 is 4.74 Å². The Bertz CT molecular complexity index is 516. The molecular formula is C15H23N3OS. The van der Waals surface area contributed by atoms with Crippen molar-refractivity contribution >= 4 is 17.2 Å². The van der Waals surface area contributed by atoms with Gasteiger partial charge in [0.2, 0.25) is 0 Å². The van der Waals surface area contributed by atoms with Crippen molar-refractivity contribution in [2.24, 2.45) is 17.1 Å². The minimum absolute atomic E-state index is 0.162. The second kappa shape index (κ2) is 5.64. The number of aryl methyl sites for hydroxylation is 1. The molecule has 0 aliphatic heterocycles. The molecule has 20 heavy (non-hydrogen) atoms. The number of thiocarbonyl (C=S) groups is 1. The Morgan fingerprint density at radius 3 is 2.70 bits per heavy atom. The van der Waals surface area contributed by atoms with Crippen molar-refractivity contribution in [1.82, 2.24) is 9.97 Å². The first kappa shape index (κ1) is 15.2. The first-order chi connectivity index (χ1) is 9.25. The van der Waals surface area contributed by atoms with E-state index in [0.29, 0.717) is 23.0 Å². The van der Waals surface area contributed by atoms with E-state index in [-0.39, 0.29) is 11.1 Å². The second-order valence-corrected chi connectivity index (χ2v) is 7.13. The smallest absolute Gasteiger partial charge is 0.317 e. The van der Waals surface area contributed by atoms with Crippen LogP contribution in [-0.4, -0.2) is 21.1 Å². The number of nitrogens with two attached hydrogens (primary N) is 1. The van der Waals surface area contributed by atoms with Crippen molar-refractivity contribution in [3.8, 4) is 6.01 Å². The molecule has 2 unspecified atom stereocenters. The maximum atomic E-state index is 6.00. The van der Waals surface area contributed by atoms with Gasteiger partial charge in [0.05, 0.1) is 0 Å². The van der Waals surface area contributed by atoms with Crippen molar-refractivity contribution in [2.45, 2.75) is 53.1 Å². The molecule has 1 fully saturated rings. The van der Waals surface area contributed by atoms with Gasteiger partial charge in [0.15, 0.2) is 0 Å². The molecule has 0 bridgehead atoms. The molecule has 5 heteroatoms. The van der Waals surface area contributed by atoms with E-state index in [4.69, 9.17) is 22.7 Å². The molecule has 1 aliphatic rings. The van der Waals surface area contributed by atoms with Gasteiger partial charge in [-0.1, -0.05) is 33.0 Å². The Balaban J connectivity index is 2.15. The van der Waals surface area contributed by atoms with E-state index in [2.05, 4.69) is 30.7 Å². The molecule has 1 aromatic rings. The van der Waals surface area contributed by atoms with Gasteiger partial charge < -0.3 is 10.5 Å². The fourth-order valence-electron chi connectivity index (χ4n) is 3.22. The first-order valence-corrected chi connectivity index (χ1v) is 7.48. The van der Waals surface area contributed by atoms with Crippen LogP contribution >= 0.6 is 12.2 Å². The number of hydrogen-bond donors (Lipinski definition) is 1. The second-order valence-electron chi connectivity index (χ2n) is 6.69. The molecule has 0 spiro atoms. The van der Waals surface area contributed by atoms with Crippen LogP contribution in [0.15, 0.2) is 6.07 Å². The minimum Gasteiger partial charge on any atom is -0.460 e. The van der Waals surface area contributed by atoms with Crippen LogP contribution in [-0.2, 0) is 0 Å².